The van der Waals surface area contributed by atoms with Gasteiger partial charge < -0.3 is 10.4 Å². The Labute approximate surface area is 77.7 Å². The van der Waals surface area contributed by atoms with E-state index in [0.29, 0.717) is 13.1 Å². The summed E-state index contributed by atoms with van der Waals surface area (Å²) in [4.78, 5) is 22.9. The molecule has 1 amide bonds. The predicted molar refractivity (Wildman–Crippen MR) is 48.4 cm³/mol. The van der Waals surface area contributed by atoms with Crippen LogP contribution in [0.15, 0.2) is 0 Å². The molecule has 0 radical (unpaired) electrons. The zero-order valence-electron chi connectivity index (χ0n) is 8.04. The first-order valence-corrected chi connectivity index (χ1v) is 4.31. The van der Waals surface area contributed by atoms with E-state index in [1.165, 1.54) is 0 Å². The molecule has 76 valence electrons. The van der Waals surface area contributed by atoms with Crippen molar-refractivity contribution in [1.29, 1.82) is 0 Å². The summed E-state index contributed by atoms with van der Waals surface area (Å²) in [6.45, 7) is 4.84. The van der Waals surface area contributed by atoms with Gasteiger partial charge in [0.1, 0.15) is 0 Å². The van der Waals surface area contributed by atoms with Crippen molar-refractivity contribution in [2.45, 2.75) is 13.8 Å². The monoisotopic (exact) mass is 188 g/mol. The summed E-state index contributed by atoms with van der Waals surface area (Å²) in [7, 11) is 0. The quantitative estimate of drug-likeness (QED) is 0.591. The lowest BCUT2D eigenvalue weighted by atomic mass is 10.4. The minimum Gasteiger partial charge on any atom is -0.480 e. The first kappa shape index (κ1) is 11.9. The lowest BCUT2D eigenvalue weighted by Gasteiger charge is -2.16. The standard InChI is InChI=1S/C8H16N2O3/c1-3-9-7(11)5-10(4-2)6-8(12)13/h3-6H2,1-2H3,(H,9,11)(H,12,13). The lowest BCUT2D eigenvalue weighted by Crippen LogP contribution is -2.39. The van der Waals surface area contributed by atoms with Gasteiger partial charge in [-0.25, -0.2) is 0 Å². The number of nitrogens with one attached hydrogen (secondary N) is 1. The molecule has 0 saturated carbocycles. The molecule has 0 bridgehead atoms. The van der Waals surface area contributed by atoms with Crippen molar-refractivity contribution in [3.63, 3.8) is 0 Å². The number of nitrogens with zero attached hydrogens (tertiary/aromatic N) is 1. The Hall–Kier alpha value is -1.10. The predicted octanol–water partition coefficient (Wildman–Crippen LogP) is -0.471. The molecule has 5 nitrogen and oxygen atoms in total. The van der Waals surface area contributed by atoms with Gasteiger partial charge in [-0.05, 0) is 13.5 Å². The van der Waals surface area contributed by atoms with Crippen LogP contribution in [0.25, 0.3) is 0 Å². The molecule has 0 saturated heterocycles. The van der Waals surface area contributed by atoms with Crippen molar-refractivity contribution >= 4 is 11.9 Å². The summed E-state index contributed by atoms with van der Waals surface area (Å²) in [5, 5.41) is 11.1. The van der Waals surface area contributed by atoms with Gasteiger partial charge in [-0.15, -0.1) is 0 Å². The molecule has 0 aromatic heterocycles. The van der Waals surface area contributed by atoms with Crippen LogP contribution < -0.4 is 5.32 Å². The molecule has 0 heterocycles. The second-order valence-corrected chi connectivity index (χ2v) is 2.65. The van der Waals surface area contributed by atoms with Gasteiger partial charge in [0.05, 0.1) is 13.1 Å². The smallest absolute Gasteiger partial charge is 0.317 e. The minimum absolute atomic E-state index is 0.0896. The van der Waals surface area contributed by atoms with Crippen LogP contribution in [0.4, 0.5) is 0 Å². The van der Waals surface area contributed by atoms with E-state index < -0.39 is 5.97 Å². The number of aliphatic carboxylic acids is 1. The van der Waals surface area contributed by atoms with Gasteiger partial charge in [0.15, 0.2) is 0 Å². The average molecular weight is 188 g/mol. The fourth-order valence-electron chi connectivity index (χ4n) is 0.927. The maximum absolute atomic E-state index is 11.0. The van der Waals surface area contributed by atoms with E-state index >= 15 is 0 Å². The van der Waals surface area contributed by atoms with Gasteiger partial charge in [-0.3, -0.25) is 14.5 Å². The fourth-order valence-corrected chi connectivity index (χ4v) is 0.927. The third-order valence-electron chi connectivity index (χ3n) is 1.55. The number of carbonyl (C=O) groups is 2. The van der Waals surface area contributed by atoms with Crippen LogP contribution in [0.3, 0.4) is 0 Å². The molecular weight excluding hydrogens is 172 g/mol. The Morgan fingerprint density at radius 1 is 1.31 bits per heavy atom. The van der Waals surface area contributed by atoms with Crippen LogP contribution >= 0.6 is 0 Å². The zero-order valence-corrected chi connectivity index (χ0v) is 8.04. The van der Waals surface area contributed by atoms with Crippen molar-refractivity contribution in [2.24, 2.45) is 0 Å². The largest absolute Gasteiger partial charge is 0.480 e. The molecule has 13 heavy (non-hydrogen) atoms. The number of carbonyl (C=O) groups excluding carboxylic acids is 1. The van der Waals surface area contributed by atoms with Gasteiger partial charge in [0.2, 0.25) is 5.91 Å². The van der Waals surface area contributed by atoms with Crippen molar-refractivity contribution in [1.82, 2.24) is 10.2 Å². The Kier molecular flexibility index (Phi) is 5.88. The Morgan fingerprint density at radius 2 is 1.92 bits per heavy atom. The SMILES string of the molecule is CCNC(=O)CN(CC)CC(=O)O. The van der Waals surface area contributed by atoms with Gasteiger partial charge in [-0.2, -0.15) is 0 Å². The topological polar surface area (TPSA) is 69.6 Å². The van der Waals surface area contributed by atoms with E-state index in [1.807, 2.05) is 13.8 Å². The van der Waals surface area contributed by atoms with Gasteiger partial charge in [0, 0.05) is 6.54 Å². The number of hydrogen-bond acceptors (Lipinski definition) is 3. The summed E-state index contributed by atoms with van der Waals surface area (Å²) in [6, 6.07) is 0. The van der Waals surface area contributed by atoms with Crippen LogP contribution in [-0.2, 0) is 9.59 Å². The van der Waals surface area contributed by atoms with Crippen molar-refractivity contribution in [3.8, 4) is 0 Å². The fraction of sp³-hybridized carbons (Fsp3) is 0.750. The molecule has 0 aliphatic rings. The van der Waals surface area contributed by atoms with Gasteiger partial charge >= 0.3 is 5.97 Å². The third-order valence-corrected chi connectivity index (χ3v) is 1.55. The molecule has 2 N–H and O–H groups in total. The molecular formula is C8H16N2O3. The van der Waals surface area contributed by atoms with E-state index in [4.69, 9.17) is 5.11 Å². The average Bonchev–Trinajstić information content (AvgIpc) is 2.02. The number of carboxylic acid groups (broad SMARTS) is 1. The van der Waals surface area contributed by atoms with Crippen molar-refractivity contribution < 1.29 is 14.7 Å². The highest BCUT2D eigenvalue weighted by Crippen LogP contribution is 1.86. The maximum Gasteiger partial charge on any atom is 0.317 e. The molecule has 0 aromatic carbocycles. The summed E-state index contributed by atoms with van der Waals surface area (Å²) in [6.07, 6.45) is 0. The van der Waals surface area contributed by atoms with Gasteiger partial charge in [-0.1, -0.05) is 6.92 Å². The van der Waals surface area contributed by atoms with E-state index in [1.54, 1.807) is 4.90 Å². The number of hydrogen-bond donors (Lipinski definition) is 2. The normalized spacial score (nSPS) is 10.1. The molecule has 0 aromatic rings. The number of rotatable bonds is 6. The second-order valence-electron chi connectivity index (χ2n) is 2.65. The molecule has 0 atom stereocenters. The molecule has 0 aliphatic heterocycles. The van der Waals surface area contributed by atoms with Crippen LogP contribution in [0.1, 0.15) is 13.8 Å². The molecule has 0 fully saturated rings. The highest BCUT2D eigenvalue weighted by atomic mass is 16.4. The van der Waals surface area contributed by atoms with E-state index in [2.05, 4.69) is 5.32 Å². The summed E-state index contributed by atoms with van der Waals surface area (Å²) < 4.78 is 0. The van der Waals surface area contributed by atoms with Crippen molar-refractivity contribution in [2.75, 3.05) is 26.2 Å². The maximum atomic E-state index is 11.0. The first-order valence-electron chi connectivity index (χ1n) is 4.31. The number of carboxylic acids is 1. The van der Waals surface area contributed by atoms with Crippen LogP contribution in [0.2, 0.25) is 0 Å². The third kappa shape index (κ3) is 6.10. The molecule has 0 spiro atoms. The summed E-state index contributed by atoms with van der Waals surface area (Å²) >= 11 is 0. The van der Waals surface area contributed by atoms with Crippen LogP contribution in [-0.4, -0.2) is 48.1 Å². The highest BCUT2D eigenvalue weighted by Gasteiger charge is 2.10. The van der Waals surface area contributed by atoms with Crippen LogP contribution in [0, 0.1) is 0 Å². The number of amides is 1. The number of likely N-dealkylation sites (N-methyl/N-ethyl adjacent to an activating group) is 2. The summed E-state index contributed by atoms with van der Waals surface area (Å²) in [5.41, 5.74) is 0. The second kappa shape index (κ2) is 6.42. The Bertz CT molecular complexity index is 182. The lowest BCUT2D eigenvalue weighted by molar-refractivity contribution is -0.138. The highest BCUT2D eigenvalue weighted by molar-refractivity contribution is 5.78. The first-order chi connectivity index (χ1) is 6.10. The van der Waals surface area contributed by atoms with Gasteiger partial charge in [0.25, 0.3) is 0 Å². The Balaban J connectivity index is 3.83. The van der Waals surface area contributed by atoms with E-state index in [9.17, 15) is 9.59 Å². The van der Waals surface area contributed by atoms with Crippen LogP contribution in [0.5, 0.6) is 0 Å². The minimum atomic E-state index is -0.911. The Morgan fingerprint density at radius 3 is 2.31 bits per heavy atom. The van der Waals surface area contributed by atoms with Crippen molar-refractivity contribution in [3.05, 3.63) is 0 Å². The van der Waals surface area contributed by atoms with E-state index in [-0.39, 0.29) is 19.0 Å². The molecule has 0 aliphatic carbocycles. The summed E-state index contributed by atoms with van der Waals surface area (Å²) in [5.74, 6) is -1.04. The van der Waals surface area contributed by atoms with E-state index in [0.717, 1.165) is 0 Å². The molecule has 5 heteroatoms. The molecule has 0 rings (SSSR count). The molecule has 0 unspecified atom stereocenters. The zero-order chi connectivity index (χ0) is 10.3.